The smallest absolute Gasteiger partial charge is 0.109 e. The highest BCUT2D eigenvalue weighted by Gasteiger charge is 2.49. The van der Waals surface area contributed by atoms with Crippen molar-refractivity contribution in [2.45, 2.75) is 65.6 Å². The summed E-state index contributed by atoms with van der Waals surface area (Å²) in [6, 6.07) is 0.902. The molecule has 3 unspecified atom stereocenters. The van der Waals surface area contributed by atoms with Crippen molar-refractivity contribution in [2.24, 2.45) is 11.3 Å². The van der Waals surface area contributed by atoms with E-state index in [-0.39, 0.29) is 5.41 Å². The van der Waals surface area contributed by atoms with Crippen molar-refractivity contribution in [2.75, 3.05) is 6.61 Å². The van der Waals surface area contributed by atoms with E-state index in [4.69, 9.17) is 4.74 Å². The van der Waals surface area contributed by atoms with Gasteiger partial charge in [0.25, 0.3) is 0 Å². The Hall–Kier alpha value is -0.450. The summed E-state index contributed by atoms with van der Waals surface area (Å²) in [6.45, 7) is 12.1. The fourth-order valence-corrected chi connectivity index (χ4v) is 3.55. The number of hydrogen-bond acceptors (Lipinski definition) is 4. The second-order valence-electron chi connectivity index (χ2n) is 6.82. The lowest BCUT2D eigenvalue weighted by molar-refractivity contribution is -0.126. The van der Waals surface area contributed by atoms with E-state index >= 15 is 0 Å². The van der Waals surface area contributed by atoms with Crippen LogP contribution in [0, 0.1) is 11.3 Å². The van der Waals surface area contributed by atoms with Gasteiger partial charge in [-0.05, 0) is 18.8 Å². The van der Waals surface area contributed by atoms with E-state index in [2.05, 4.69) is 50.3 Å². The van der Waals surface area contributed by atoms with Crippen molar-refractivity contribution in [1.29, 1.82) is 0 Å². The molecule has 0 radical (unpaired) electrons. The third-order valence-corrected chi connectivity index (χ3v) is 5.26. The Morgan fingerprint density at radius 2 is 2.25 bits per heavy atom. The summed E-state index contributed by atoms with van der Waals surface area (Å²) in [5.41, 5.74) is 0.208. The quantitative estimate of drug-likeness (QED) is 0.825. The Balaban J connectivity index is 1.88. The standard InChI is InChI=1S/C16H28N2OS/c1-6-12(15-17-7-8-20-15)18-13-9-14(16(13,4)5)19-10-11(2)3/h7-8,11-14,18H,6,9-10H2,1-5H3. The first-order valence-electron chi connectivity index (χ1n) is 7.72. The number of nitrogens with one attached hydrogen (secondary N) is 1. The minimum atomic E-state index is 0.208. The first-order chi connectivity index (χ1) is 9.45. The third kappa shape index (κ3) is 3.41. The van der Waals surface area contributed by atoms with Gasteiger partial charge in [0.05, 0.1) is 12.1 Å². The number of ether oxygens (including phenoxy) is 1. The van der Waals surface area contributed by atoms with Crippen molar-refractivity contribution in [1.82, 2.24) is 10.3 Å². The van der Waals surface area contributed by atoms with E-state index in [1.165, 1.54) is 5.01 Å². The lowest BCUT2D eigenvalue weighted by Gasteiger charge is -2.53. The first-order valence-corrected chi connectivity index (χ1v) is 8.60. The second kappa shape index (κ2) is 6.54. The average molecular weight is 296 g/mol. The Morgan fingerprint density at radius 1 is 1.50 bits per heavy atom. The molecule has 3 atom stereocenters. The highest BCUT2D eigenvalue weighted by atomic mass is 32.1. The van der Waals surface area contributed by atoms with E-state index in [1.807, 2.05) is 6.20 Å². The molecule has 0 aliphatic heterocycles. The normalized spacial score (nSPS) is 26.5. The fraction of sp³-hybridized carbons (Fsp3) is 0.812. The molecule has 1 aliphatic carbocycles. The van der Waals surface area contributed by atoms with Gasteiger partial charge in [0.2, 0.25) is 0 Å². The highest BCUT2D eigenvalue weighted by molar-refractivity contribution is 7.09. The molecule has 0 spiro atoms. The molecular weight excluding hydrogens is 268 g/mol. The topological polar surface area (TPSA) is 34.1 Å². The van der Waals surface area contributed by atoms with E-state index in [0.29, 0.717) is 24.1 Å². The molecule has 1 aromatic heterocycles. The minimum Gasteiger partial charge on any atom is -0.377 e. The molecule has 0 bridgehead atoms. The Bertz CT molecular complexity index is 403. The van der Waals surface area contributed by atoms with Crippen LogP contribution in [0.2, 0.25) is 0 Å². The molecule has 0 aromatic carbocycles. The summed E-state index contributed by atoms with van der Waals surface area (Å²) in [5.74, 6) is 0.608. The van der Waals surface area contributed by atoms with Gasteiger partial charge in [-0.25, -0.2) is 4.98 Å². The zero-order valence-electron chi connectivity index (χ0n) is 13.3. The van der Waals surface area contributed by atoms with Gasteiger partial charge < -0.3 is 10.1 Å². The summed E-state index contributed by atoms with van der Waals surface area (Å²) in [7, 11) is 0. The fourth-order valence-electron chi connectivity index (χ4n) is 2.77. The zero-order chi connectivity index (χ0) is 14.8. The van der Waals surface area contributed by atoms with Gasteiger partial charge in [0.15, 0.2) is 0 Å². The molecule has 4 heteroatoms. The van der Waals surface area contributed by atoms with Crippen molar-refractivity contribution in [3.63, 3.8) is 0 Å². The number of nitrogens with zero attached hydrogens (tertiary/aromatic N) is 1. The molecule has 1 N–H and O–H groups in total. The monoisotopic (exact) mass is 296 g/mol. The van der Waals surface area contributed by atoms with Crippen LogP contribution in [-0.4, -0.2) is 23.7 Å². The van der Waals surface area contributed by atoms with Gasteiger partial charge in [0.1, 0.15) is 5.01 Å². The van der Waals surface area contributed by atoms with Crippen LogP contribution >= 0.6 is 11.3 Å². The summed E-state index contributed by atoms with van der Waals surface area (Å²) in [5, 5.41) is 7.04. The molecule has 1 saturated carbocycles. The van der Waals surface area contributed by atoms with Crippen LogP contribution in [0.4, 0.5) is 0 Å². The van der Waals surface area contributed by atoms with E-state index < -0.39 is 0 Å². The molecule has 1 aliphatic rings. The molecule has 0 amide bonds. The van der Waals surface area contributed by atoms with Crippen LogP contribution in [-0.2, 0) is 4.74 Å². The maximum atomic E-state index is 6.04. The van der Waals surface area contributed by atoms with Gasteiger partial charge in [-0.1, -0.05) is 34.6 Å². The van der Waals surface area contributed by atoms with Gasteiger partial charge >= 0.3 is 0 Å². The van der Waals surface area contributed by atoms with Gasteiger partial charge in [-0.3, -0.25) is 0 Å². The van der Waals surface area contributed by atoms with Gasteiger partial charge in [-0.15, -0.1) is 11.3 Å². The van der Waals surface area contributed by atoms with E-state index in [9.17, 15) is 0 Å². The lowest BCUT2D eigenvalue weighted by atomic mass is 9.64. The summed E-state index contributed by atoms with van der Waals surface area (Å²) >= 11 is 1.74. The van der Waals surface area contributed by atoms with E-state index in [1.54, 1.807) is 11.3 Å². The van der Waals surface area contributed by atoms with Gasteiger partial charge in [-0.2, -0.15) is 0 Å². The van der Waals surface area contributed by atoms with Crippen molar-refractivity contribution in [3.8, 4) is 0 Å². The number of hydrogen-bond donors (Lipinski definition) is 1. The zero-order valence-corrected chi connectivity index (χ0v) is 14.2. The van der Waals surface area contributed by atoms with Crippen LogP contribution in [0.1, 0.15) is 58.5 Å². The molecule has 20 heavy (non-hydrogen) atoms. The van der Waals surface area contributed by atoms with E-state index in [0.717, 1.165) is 19.4 Å². The molecule has 3 nitrogen and oxygen atoms in total. The van der Waals surface area contributed by atoms with Crippen molar-refractivity contribution < 1.29 is 4.74 Å². The molecule has 2 rings (SSSR count). The second-order valence-corrected chi connectivity index (χ2v) is 7.75. The first kappa shape index (κ1) is 15.9. The minimum absolute atomic E-state index is 0.208. The maximum Gasteiger partial charge on any atom is 0.109 e. The lowest BCUT2D eigenvalue weighted by Crippen LogP contribution is -2.61. The largest absolute Gasteiger partial charge is 0.377 e. The number of rotatable bonds is 7. The predicted octanol–water partition coefficient (Wildman–Crippen LogP) is 4.02. The average Bonchev–Trinajstić information content (AvgIpc) is 2.90. The number of aromatic nitrogens is 1. The molecule has 0 saturated heterocycles. The maximum absolute atomic E-state index is 6.04. The molecule has 1 heterocycles. The summed E-state index contributed by atoms with van der Waals surface area (Å²) in [4.78, 5) is 4.45. The van der Waals surface area contributed by atoms with Crippen LogP contribution in [0.25, 0.3) is 0 Å². The third-order valence-electron chi connectivity index (χ3n) is 4.37. The van der Waals surface area contributed by atoms with Gasteiger partial charge in [0, 0.05) is 29.6 Å². The highest BCUT2D eigenvalue weighted by Crippen LogP contribution is 2.44. The van der Waals surface area contributed by atoms with Crippen LogP contribution in [0.3, 0.4) is 0 Å². The number of thiazole rings is 1. The van der Waals surface area contributed by atoms with Crippen LogP contribution < -0.4 is 5.32 Å². The van der Waals surface area contributed by atoms with Crippen molar-refractivity contribution >= 4 is 11.3 Å². The Kier molecular flexibility index (Phi) is 5.21. The van der Waals surface area contributed by atoms with Crippen molar-refractivity contribution in [3.05, 3.63) is 16.6 Å². The SMILES string of the molecule is CCC(NC1CC(OCC(C)C)C1(C)C)c1nccs1. The molecule has 114 valence electrons. The van der Waals surface area contributed by atoms with Crippen LogP contribution in [0.15, 0.2) is 11.6 Å². The predicted molar refractivity (Wildman–Crippen MR) is 85.0 cm³/mol. The summed E-state index contributed by atoms with van der Waals surface area (Å²) < 4.78 is 6.04. The Morgan fingerprint density at radius 3 is 2.75 bits per heavy atom. The summed E-state index contributed by atoms with van der Waals surface area (Å²) in [6.07, 6.45) is 4.47. The Labute approximate surface area is 127 Å². The molecular formula is C16H28N2OS. The molecule has 1 aromatic rings. The van der Waals surface area contributed by atoms with Crippen LogP contribution in [0.5, 0.6) is 0 Å². The molecule has 1 fully saturated rings.